The van der Waals surface area contributed by atoms with Gasteiger partial charge in [-0.1, -0.05) is 59.4 Å². The van der Waals surface area contributed by atoms with Gasteiger partial charge in [-0.2, -0.15) is 10.4 Å². The first-order chi connectivity index (χ1) is 28.4. The number of alkyl halides is 2. The van der Waals surface area contributed by atoms with E-state index < -0.39 is 38.2 Å². The summed E-state index contributed by atoms with van der Waals surface area (Å²) in [7, 11) is 5.91. The molecule has 0 spiro atoms. The van der Waals surface area contributed by atoms with Gasteiger partial charge in [-0.25, -0.2) is 14.2 Å². The minimum Gasteiger partial charge on any atom is -1.00 e. The zero-order valence-corrected chi connectivity index (χ0v) is 40.2. The Morgan fingerprint density at radius 2 is 1.10 bits per heavy atom. The van der Waals surface area contributed by atoms with Crippen LogP contribution < -0.4 is 68.1 Å². The van der Waals surface area contributed by atoms with Crippen LogP contribution in [0.25, 0.3) is 0 Å². The van der Waals surface area contributed by atoms with Gasteiger partial charge in [0.15, 0.2) is 13.1 Å². The average Bonchev–Trinajstić information content (AvgIpc) is 3.18. The second kappa shape index (κ2) is 26.9. The minimum absolute atomic E-state index is 0. The fraction of sp³-hybridized carbons (Fsp3) is 0.415. The van der Waals surface area contributed by atoms with E-state index in [0.29, 0.717) is 28.8 Å². The van der Waals surface area contributed by atoms with Crippen molar-refractivity contribution in [2.75, 3.05) is 49.6 Å². The summed E-state index contributed by atoms with van der Waals surface area (Å²) in [6, 6.07) is 15.1. The standard InChI is InChI=1S/C20H26ClN5O4.C18H25N5O3.C2H2Cl2O.CH4.HI/c1-13(2)14-5-7-16(8-6-14)23-18(28)12-26(4,24-17(27)9-21)11-15-10-22-20(30)25(3)19(15)29;1-12(2)13-5-7-15(8-6-13)21-16(24)11-23(4,19)10-14-9-20-18(26)22(3)17(14)25;3-1-2(4)5;;/h5-8,10,13H,9,11-12H2,1-4H3,(H2-,22,23,24,27,28,29,30);5-9,12H,10-11,19H2,1-4H3,(H-,20,21,24,25,26);1H2;1H4;1H/t26-;23-;;;/m00.../s1. The third kappa shape index (κ3) is 19.7. The third-order valence-electron chi connectivity index (χ3n) is 8.83. The number of likely N-dealkylation sites (N-methyl/N-ethyl adjacent to an activating group) is 2. The molecule has 2 aromatic heterocycles. The number of hydrogen-bond acceptors (Lipinski definition) is 10. The van der Waals surface area contributed by atoms with Crippen molar-refractivity contribution in [1.82, 2.24) is 19.1 Å². The molecular formula is C41H58Cl3IN10O8. The van der Waals surface area contributed by atoms with E-state index in [1.54, 1.807) is 19.2 Å². The smallest absolute Gasteiger partial charge is 0.328 e. The highest BCUT2D eigenvalue weighted by Gasteiger charge is 2.29. The summed E-state index contributed by atoms with van der Waals surface area (Å²) in [4.78, 5) is 86.8. The molecular weight excluding hydrogens is 994 g/mol. The fourth-order valence-electron chi connectivity index (χ4n) is 5.63. The molecule has 2 heterocycles. The zero-order chi connectivity index (χ0) is 46.2. The summed E-state index contributed by atoms with van der Waals surface area (Å²) in [5, 5.41) is 21.0. The molecule has 4 aromatic rings. The van der Waals surface area contributed by atoms with Crippen molar-refractivity contribution in [2.45, 2.75) is 60.0 Å². The maximum atomic E-state index is 12.6. The quantitative estimate of drug-likeness (QED) is 0.0157. The second-order valence-electron chi connectivity index (χ2n) is 15.2. The molecule has 0 radical (unpaired) electrons. The first-order valence-electron chi connectivity index (χ1n) is 18.8. The Bertz CT molecular complexity index is 2400. The van der Waals surface area contributed by atoms with Crippen molar-refractivity contribution in [3.05, 3.63) is 125 Å². The van der Waals surface area contributed by atoms with Gasteiger partial charge in [-0.15, -0.1) is 28.3 Å². The minimum atomic E-state index is -0.616. The Morgan fingerprint density at radius 3 is 1.44 bits per heavy atom. The predicted octanol–water partition coefficient (Wildman–Crippen LogP) is -0.0184. The van der Waals surface area contributed by atoms with E-state index in [9.17, 15) is 38.7 Å². The number of nitrogens with one attached hydrogen (secondary N) is 4. The number of carbonyl (C=O) groups excluding carboxylic acids is 3. The van der Waals surface area contributed by atoms with Gasteiger partial charge in [0.05, 0.1) is 37.0 Å². The molecule has 0 fully saturated rings. The van der Waals surface area contributed by atoms with Crippen LogP contribution >= 0.6 is 34.8 Å². The Morgan fingerprint density at radius 1 is 0.730 bits per heavy atom. The number of anilines is 2. The van der Waals surface area contributed by atoms with E-state index in [2.05, 4.69) is 53.4 Å². The molecule has 0 aliphatic carbocycles. The van der Waals surface area contributed by atoms with E-state index in [1.807, 2.05) is 36.4 Å². The number of aromatic amines is 2. The number of hydrogen-bond donors (Lipinski definition) is 5. The van der Waals surface area contributed by atoms with Crippen molar-refractivity contribution in [1.29, 1.82) is 0 Å². The number of carbonyl (C=O) groups is 3. The summed E-state index contributed by atoms with van der Waals surface area (Å²) < 4.78 is 1.25. The molecule has 0 bridgehead atoms. The average molecular weight is 1050 g/mol. The number of nitrogens with two attached hydrogens (primary N) is 1. The van der Waals surface area contributed by atoms with Crippen LogP contribution in [0, 0.1) is 0 Å². The van der Waals surface area contributed by atoms with Crippen LogP contribution in [-0.4, -0.2) is 90.2 Å². The summed E-state index contributed by atoms with van der Waals surface area (Å²) >= 11 is 15.1. The molecule has 6 N–H and O–H groups in total. The van der Waals surface area contributed by atoms with E-state index in [-0.39, 0.29) is 91.3 Å². The topological polar surface area (TPSA) is 246 Å². The largest absolute Gasteiger partial charge is 1.00 e. The highest BCUT2D eigenvalue weighted by Crippen LogP contribution is 2.19. The van der Waals surface area contributed by atoms with Crippen LogP contribution in [0.2, 0.25) is 0 Å². The van der Waals surface area contributed by atoms with Crippen LogP contribution in [0.4, 0.5) is 11.4 Å². The molecule has 4 rings (SSSR count). The summed E-state index contributed by atoms with van der Waals surface area (Å²) in [6.45, 7) is 8.16. The Balaban J connectivity index is 0.00000108. The van der Waals surface area contributed by atoms with E-state index in [1.165, 1.54) is 39.1 Å². The molecule has 2 atom stereocenters. The van der Waals surface area contributed by atoms with Gasteiger partial charge in [-0.3, -0.25) is 33.1 Å². The van der Waals surface area contributed by atoms with Gasteiger partial charge in [-0.05, 0) is 58.8 Å². The van der Waals surface area contributed by atoms with Gasteiger partial charge in [0, 0.05) is 43.8 Å². The molecule has 0 aliphatic heterocycles. The molecule has 2 amide bonds. The number of halogens is 4. The van der Waals surface area contributed by atoms with Gasteiger partial charge < -0.3 is 49.7 Å². The van der Waals surface area contributed by atoms with Gasteiger partial charge in [0.1, 0.15) is 13.1 Å². The Labute approximate surface area is 398 Å². The van der Waals surface area contributed by atoms with Gasteiger partial charge >= 0.3 is 11.4 Å². The van der Waals surface area contributed by atoms with Crippen LogP contribution in [0.1, 0.15) is 69.2 Å². The Kier molecular flexibility index (Phi) is 24.9. The first-order valence-corrected chi connectivity index (χ1v) is 20.2. The molecule has 63 heavy (non-hydrogen) atoms. The monoisotopic (exact) mass is 1050 g/mol. The number of aromatic nitrogens is 4. The highest BCUT2D eigenvalue weighted by atomic mass is 127. The van der Waals surface area contributed by atoms with E-state index in [4.69, 9.17) is 40.6 Å². The molecule has 2 aromatic carbocycles. The molecule has 22 heteroatoms. The van der Waals surface area contributed by atoms with Crippen molar-refractivity contribution < 1.29 is 52.7 Å². The zero-order valence-electron chi connectivity index (χ0n) is 35.8. The lowest BCUT2D eigenvalue weighted by atomic mass is 10.0. The lowest BCUT2D eigenvalue weighted by Crippen LogP contribution is -3.00. The van der Waals surface area contributed by atoms with Gasteiger partial charge in [0.2, 0.25) is 5.24 Å². The molecule has 0 saturated carbocycles. The number of quaternary nitrogens is 2. The predicted molar refractivity (Wildman–Crippen MR) is 243 cm³/mol. The van der Waals surface area contributed by atoms with Crippen LogP contribution in [0.5, 0.6) is 0 Å². The molecule has 0 saturated heterocycles. The lowest BCUT2D eigenvalue weighted by molar-refractivity contribution is -0.926. The lowest BCUT2D eigenvalue weighted by Gasteiger charge is -2.29. The number of rotatable bonds is 15. The summed E-state index contributed by atoms with van der Waals surface area (Å²) in [5.74, 6) is 5.24. The van der Waals surface area contributed by atoms with E-state index >= 15 is 0 Å². The van der Waals surface area contributed by atoms with Crippen LogP contribution in [0.15, 0.2) is 85.2 Å². The second-order valence-corrected chi connectivity index (χ2v) is 16.1. The normalized spacial score (nSPS) is 12.8. The maximum absolute atomic E-state index is 12.6. The van der Waals surface area contributed by atoms with E-state index in [0.717, 1.165) is 14.7 Å². The molecule has 0 aliphatic rings. The van der Waals surface area contributed by atoms with Crippen molar-refractivity contribution in [2.24, 2.45) is 25.0 Å². The van der Waals surface area contributed by atoms with Crippen molar-refractivity contribution in [3.63, 3.8) is 0 Å². The van der Waals surface area contributed by atoms with Crippen molar-refractivity contribution in [3.8, 4) is 0 Å². The third-order valence-corrected chi connectivity index (χ3v) is 9.58. The van der Waals surface area contributed by atoms with Crippen LogP contribution in [-0.2, 0) is 41.6 Å². The number of nitrogens with zero attached hydrogens (tertiary/aromatic N) is 5. The number of H-pyrrole nitrogens is 2. The van der Waals surface area contributed by atoms with Crippen molar-refractivity contribution >= 4 is 69.1 Å². The van der Waals surface area contributed by atoms with Gasteiger partial charge in [0.25, 0.3) is 22.9 Å². The number of amides is 2. The maximum Gasteiger partial charge on any atom is 0.328 e. The first kappa shape index (κ1) is 58.4. The molecule has 18 nitrogen and oxygen atoms in total. The van der Waals surface area contributed by atoms with Crippen LogP contribution in [0.3, 0.4) is 0 Å². The number of benzene rings is 2. The SMILES string of the molecule is C.CC(C)c1ccc(NC(=O)C[N@+](C)(Cc2c[nH]c(=O)n(C)c2=O)N=C([O-])CCl)cc1.CC(C)c1ccc(NC(=O)C[N@@+](C)(N)Cc2c[nH]c(=O)n(C)c2=O)cc1.O=C(Cl)CCl.[I-]. The summed E-state index contributed by atoms with van der Waals surface area (Å²) in [6.07, 6.45) is 2.61. The highest BCUT2D eigenvalue weighted by molar-refractivity contribution is 6.67. The fourth-order valence-corrected chi connectivity index (χ4v) is 5.69. The Hall–Kier alpha value is -4.64. The summed E-state index contributed by atoms with van der Waals surface area (Å²) in [5.41, 5.74) is 2.18. The molecule has 0 unspecified atom stereocenters. The molecule has 348 valence electrons.